The molecule has 1 heteroatoms. The van der Waals surface area contributed by atoms with E-state index in [9.17, 15) is 0 Å². The maximum atomic E-state index is 2.48. The lowest BCUT2D eigenvalue weighted by atomic mass is 10.1. The number of hydrogen-bond acceptors (Lipinski definition) is 0. The van der Waals surface area contributed by atoms with Gasteiger partial charge < -0.3 is 0 Å². The van der Waals surface area contributed by atoms with Crippen molar-refractivity contribution in [2.45, 2.75) is 117 Å². The molecule has 122 valence electrons. The van der Waals surface area contributed by atoms with Gasteiger partial charge in [-0.1, -0.05) is 45.4 Å². The van der Waals surface area contributed by atoms with Crippen molar-refractivity contribution in [1.82, 2.24) is 0 Å². The van der Waals surface area contributed by atoms with E-state index in [4.69, 9.17) is 0 Å². The predicted molar refractivity (Wildman–Crippen MR) is 99.8 cm³/mol. The van der Waals surface area contributed by atoms with E-state index in [1.165, 1.54) is 57.5 Å². The van der Waals surface area contributed by atoms with Gasteiger partial charge in [0.1, 0.15) is 0 Å². The minimum atomic E-state index is -0.778. The van der Waals surface area contributed by atoms with Crippen LogP contribution < -0.4 is 0 Å². The van der Waals surface area contributed by atoms with Gasteiger partial charge in [0.2, 0.25) is 0 Å². The largest absolute Gasteiger partial charge is 0.0654 e. The minimum absolute atomic E-state index is 0.778. The SMILES string of the molecule is CCCCCCCCCC[P+](C(C)C)(C(C)C)C(C)C. The lowest BCUT2D eigenvalue weighted by molar-refractivity contribution is 0.585. The smallest absolute Gasteiger partial charge is 0.0646 e. The fraction of sp³-hybridized carbons (Fsp3) is 1.00. The molecule has 20 heavy (non-hydrogen) atoms. The van der Waals surface area contributed by atoms with Crippen molar-refractivity contribution >= 4 is 7.26 Å². The molecule has 0 aromatic carbocycles. The Kier molecular flexibility index (Phi) is 11.3. The van der Waals surface area contributed by atoms with Crippen LogP contribution in [0.3, 0.4) is 0 Å². The fourth-order valence-corrected chi connectivity index (χ4v) is 9.98. The summed E-state index contributed by atoms with van der Waals surface area (Å²) in [6, 6.07) is 0. The summed E-state index contributed by atoms with van der Waals surface area (Å²) in [6.07, 6.45) is 13.1. The molecule has 0 radical (unpaired) electrons. The first-order valence-electron chi connectivity index (χ1n) is 9.26. The number of rotatable bonds is 12. The molecule has 0 aromatic rings. The van der Waals surface area contributed by atoms with Crippen molar-refractivity contribution in [1.29, 1.82) is 0 Å². The maximum absolute atomic E-state index is 2.48. The summed E-state index contributed by atoms with van der Waals surface area (Å²) in [5, 5.41) is 0. The Morgan fingerprint density at radius 2 is 0.900 bits per heavy atom. The Morgan fingerprint density at radius 3 is 1.25 bits per heavy atom. The number of unbranched alkanes of at least 4 members (excludes halogenated alkanes) is 7. The zero-order chi connectivity index (χ0) is 15.6. The molecule has 0 heterocycles. The van der Waals surface area contributed by atoms with Crippen LogP contribution in [0.25, 0.3) is 0 Å². The van der Waals surface area contributed by atoms with Crippen molar-refractivity contribution < 1.29 is 0 Å². The average Bonchev–Trinajstić information content (AvgIpc) is 2.35. The highest BCUT2D eigenvalue weighted by atomic mass is 31.2. The third kappa shape index (κ3) is 6.46. The number of hydrogen-bond donors (Lipinski definition) is 0. The monoisotopic (exact) mass is 301 g/mol. The molecule has 0 amide bonds. The zero-order valence-corrected chi connectivity index (χ0v) is 16.4. The normalized spacial score (nSPS) is 12.9. The van der Waals surface area contributed by atoms with E-state index < -0.39 is 7.26 Å². The molecule has 0 aliphatic heterocycles. The molecule has 0 bridgehead atoms. The highest BCUT2D eigenvalue weighted by Gasteiger charge is 2.46. The van der Waals surface area contributed by atoms with Gasteiger partial charge in [0.15, 0.2) is 0 Å². The van der Waals surface area contributed by atoms with Crippen LogP contribution in [-0.4, -0.2) is 23.1 Å². The van der Waals surface area contributed by atoms with E-state index in [0.29, 0.717) is 0 Å². The third-order valence-corrected chi connectivity index (χ3v) is 12.1. The summed E-state index contributed by atoms with van der Waals surface area (Å²) in [4.78, 5) is 0. The van der Waals surface area contributed by atoms with Crippen LogP contribution in [0.1, 0.15) is 99.8 Å². The molecule has 0 aromatic heterocycles. The predicted octanol–water partition coefficient (Wildman–Crippen LogP) is 7.37. The van der Waals surface area contributed by atoms with E-state index in [1.807, 2.05) is 0 Å². The quantitative estimate of drug-likeness (QED) is 0.261. The van der Waals surface area contributed by atoms with Crippen LogP contribution in [0.2, 0.25) is 0 Å². The first-order valence-corrected chi connectivity index (χ1v) is 11.4. The van der Waals surface area contributed by atoms with E-state index >= 15 is 0 Å². The standard InChI is InChI=1S/C19H42P/c1-8-9-10-11-12-13-14-15-16-20(17(2)3,18(4)5)19(6)7/h17-19H,8-16H2,1-7H3/q+1. The van der Waals surface area contributed by atoms with Gasteiger partial charge in [-0.15, -0.1) is 0 Å². The second-order valence-corrected chi connectivity index (χ2v) is 13.0. The van der Waals surface area contributed by atoms with Crippen molar-refractivity contribution in [2.75, 3.05) is 6.16 Å². The summed E-state index contributed by atoms with van der Waals surface area (Å²) in [5.74, 6) is 0. The van der Waals surface area contributed by atoms with Gasteiger partial charge in [-0.2, -0.15) is 0 Å². The lowest BCUT2D eigenvalue weighted by Crippen LogP contribution is -2.26. The van der Waals surface area contributed by atoms with Crippen LogP contribution >= 0.6 is 7.26 Å². The van der Waals surface area contributed by atoms with Gasteiger partial charge in [0, 0.05) is 7.26 Å². The molecular weight excluding hydrogens is 259 g/mol. The van der Waals surface area contributed by atoms with Crippen molar-refractivity contribution in [3.63, 3.8) is 0 Å². The van der Waals surface area contributed by atoms with Crippen LogP contribution in [-0.2, 0) is 0 Å². The summed E-state index contributed by atoms with van der Waals surface area (Å²) in [6.45, 7) is 17.2. The first-order chi connectivity index (χ1) is 9.39. The molecule has 0 aliphatic carbocycles. The van der Waals surface area contributed by atoms with E-state index in [2.05, 4.69) is 48.5 Å². The maximum Gasteiger partial charge on any atom is 0.0646 e. The Morgan fingerprint density at radius 1 is 0.550 bits per heavy atom. The van der Waals surface area contributed by atoms with Crippen LogP contribution in [0.5, 0.6) is 0 Å². The van der Waals surface area contributed by atoms with Crippen LogP contribution in [0.4, 0.5) is 0 Å². The van der Waals surface area contributed by atoms with Gasteiger partial charge in [0.25, 0.3) is 0 Å². The summed E-state index contributed by atoms with van der Waals surface area (Å²) < 4.78 is 0. The molecule has 0 saturated carbocycles. The lowest BCUT2D eigenvalue weighted by Gasteiger charge is -2.38. The van der Waals surface area contributed by atoms with Gasteiger partial charge >= 0.3 is 0 Å². The second kappa shape index (κ2) is 11.1. The molecule has 0 atom stereocenters. The van der Waals surface area contributed by atoms with Gasteiger partial charge in [-0.3, -0.25) is 0 Å². The molecule has 0 fully saturated rings. The third-order valence-electron chi connectivity index (χ3n) is 5.28. The molecule has 0 N–H and O–H groups in total. The second-order valence-electron chi connectivity index (χ2n) is 7.47. The summed E-state index contributed by atoms with van der Waals surface area (Å²) in [7, 11) is -0.778. The Balaban J connectivity index is 4.04. The van der Waals surface area contributed by atoms with Crippen molar-refractivity contribution in [2.24, 2.45) is 0 Å². The van der Waals surface area contributed by atoms with E-state index in [-0.39, 0.29) is 0 Å². The highest BCUT2D eigenvalue weighted by Crippen LogP contribution is 2.70. The van der Waals surface area contributed by atoms with Gasteiger partial charge in [-0.05, 0) is 54.4 Å². The average molecular weight is 302 g/mol. The Labute approximate surface area is 130 Å². The molecule has 0 rings (SSSR count). The van der Waals surface area contributed by atoms with E-state index in [0.717, 1.165) is 17.0 Å². The Hall–Kier alpha value is 0.430. The summed E-state index contributed by atoms with van der Waals surface area (Å²) in [5.41, 5.74) is 2.73. The molecule has 0 aliphatic rings. The Bertz CT molecular complexity index is 196. The molecule has 0 nitrogen and oxygen atoms in total. The van der Waals surface area contributed by atoms with Gasteiger partial charge in [0.05, 0.1) is 23.1 Å². The fourth-order valence-electron chi connectivity index (χ4n) is 4.08. The molecular formula is C19H42P+. The van der Waals surface area contributed by atoms with Crippen LogP contribution in [0, 0.1) is 0 Å². The summed E-state index contributed by atoms with van der Waals surface area (Å²) >= 11 is 0. The van der Waals surface area contributed by atoms with Crippen LogP contribution in [0.15, 0.2) is 0 Å². The van der Waals surface area contributed by atoms with Crippen molar-refractivity contribution in [3.8, 4) is 0 Å². The topological polar surface area (TPSA) is 0 Å². The zero-order valence-electron chi connectivity index (χ0n) is 15.5. The minimum Gasteiger partial charge on any atom is -0.0654 e. The first kappa shape index (κ1) is 20.4. The van der Waals surface area contributed by atoms with Gasteiger partial charge in [-0.25, -0.2) is 0 Å². The molecule has 0 saturated heterocycles. The van der Waals surface area contributed by atoms with Crippen molar-refractivity contribution in [3.05, 3.63) is 0 Å². The van der Waals surface area contributed by atoms with E-state index in [1.54, 1.807) is 0 Å². The molecule has 0 spiro atoms. The molecule has 0 unspecified atom stereocenters. The highest BCUT2D eigenvalue weighted by molar-refractivity contribution is 7.77.